The van der Waals surface area contributed by atoms with Gasteiger partial charge in [0.05, 0.1) is 5.69 Å². The van der Waals surface area contributed by atoms with Gasteiger partial charge < -0.3 is 10.1 Å². The van der Waals surface area contributed by atoms with Crippen LogP contribution in [0.4, 0.5) is 11.4 Å². The van der Waals surface area contributed by atoms with Crippen molar-refractivity contribution >= 4 is 23.7 Å². The Hall–Kier alpha value is -3.02. The van der Waals surface area contributed by atoms with Gasteiger partial charge in [0.1, 0.15) is 5.75 Å². The van der Waals surface area contributed by atoms with Crippen molar-refractivity contribution in [3.05, 3.63) is 53.6 Å². The van der Waals surface area contributed by atoms with Crippen LogP contribution in [0.1, 0.15) is 24.5 Å². The Bertz CT molecular complexity index is 729. The number of ether oxygens (including phenoxy) is 1. The van der Waals surface area contributed by atoms with Crippen molar-refractivity contribution in [2.24, 2.45) is 0 Å². The van der Waals surface area contributed by atoms with Gasteiger partial charge in [-0.05, 0) is 56.2 Å². The first-order chi connectivity index (χ1) is 12.0. The molecule has 3 N–H and O–H groups in total. The highest BCUT2D eigenvalue weighted by Crippen LogP contribution is 2.21. The minimum absolute atomic E-state index is 0.200. The summed E-state index contributed by atoms with van der Waals surface area (Å²) in [6, 6.07) is 12.9. The Balaban J connectivity index is 2.00. The van der Waals surface area contributed by atoms with Crippen LogP contribution in [0, 0.1) is 13.8 Å². The van der Waals surface area contributed by atoms with Gasteiger partial charge in [-0.15, -0.1) is 0 Å². The standard InChI is InChI=1S/C19H23N3O3/c1-4-17(25-18-10-5-13(2)11-14(18)3)19(24)21-15-6-8-16(9-7-15)22-20-12-23/h5-12,17,22H,4H2,1-3H3,(H,20,23)(H,21,24). The zero-order valence-electron chi connectivity index (χ0n) is 14.6. The maximum absolute atomic E-state index is 12.5. The maximum atomic E-state index is 12.5. The molecule has 2 rings (SSSR count). The summed E-state index contributed by atoms with van der Waals surface area (Å²) >= 11 is 0. The average Bonchev–Trinajstić information content (AvgIpc) is 2.60. The van der Waals surface area contributed by atoms with E-state index in [1.54, 1.807) is 24.3 Å². The lowest BCUT2D eigenvalue weighted by Gasteiger charge is -2.19. The lowest BCUT2D eigenvalue weighted by Crippen LogP contribution is -2.32. The smallest absolute Gasteiger partial charge is 0.265 e. The van der Waals surface area contributed by atoms with Gasteiger partial charge >= 0.3 is 0 Å². The third kappa shape index (κ3) is 5.24. The fourth-order valence-electron chi connectivity index (χ4n) is 2.38. The van der Waals surface area contributed by atoms with Gasteiger partial charge in [0.2, 0.25) is 6.41 Å². The molecule has 0 radical (unpaired) electrons. The Labute approximate surface area is 147 Å². The Kier molecular flexibility index (Phi) is 6.39. The summed E-state index contributed by atoms with van der Waals surface area (Å²) in [5, 5.41) is 2.85. The van der Waals surface area contributed by atoms with Crippen molar-refractivity contribution < 1.29 is 14.3 Å². The van der Waals surface area contributed by atoms with Crippen LogP contribution >= 0.6 is 0 Å². The number of benzene rings is 2. The van der Waals surface area contributed by atoms with Gasteiger partial charge in [-0.3, -0.25) is 20.4 Å². The largest absolute Gasteiger partial charge is 0.480 e. The molecule has 2 aromatic carbocycles. The summed E-state index contributed by atoms with van der Waals surface area (Å²) < 4.78 is 5.89. The van der Waals surface area contributed by atoms with Crippen LogP contribution in [0.15, 0.2) is 42.5 Å². The molecule has 25 heavy (non-hydrogen) atoms. The number of carbonyl (C=O) groups excluding carboxylic acids is 2. The third-order valence-corrected chi connectivity index (χ3v) is 3.69. The van der Waals surface area contributed by atoms with Crippen LogP contribution < -0.4 is 20.9 Å². The van der Waals surface area contributed by atoms with E-state index >= 15 is 0 Å². The lowest BCUT2D eigenvalue weighted by atomic mass is 10.1. The van der Waals surface area contributed by atoms with Crippen molar-refractivity contribution in [2.45, 2.75) is 33.3 Å². The molecule has 0 saturated heterocycles. The van der Waals surface area contributed by atoms with E-state index in [-0.39, 0.29) is 5.91 Å². The van der Waals surface area contributed by atoms with E-state index in [0.717, 1.165) is 11.1 Å². The zero-order chi connectivity index (χ0) is 18.2. The normalized spacial score (nSPS) is 11.3. The topological polar surface area (TPSA) is 79.5 Å². The molecule has 0 heterocycles. The van der Waals surface area contributed by atoms with Crippen molar-refractivity contribution in [2.75, 3.05) is 10.7 Å². The fraction of sp³-hybridized carbons (Fsp3) is 0.263. The highest BCUT2D eigenvalue weighted by molar-refractivity contribution is 5.94. The average molecular weight is 341 g/mol. The molecule has 0 aliphatic carbocycles. The van der Waals surface area contributed by atoms with Crippen molar-refractivity contribution in [3.63, 3.8) is 0 Å². The molecule has 0 aliphatic rings. The number of nitrogens with one attached hydrogen (secondary N) is 3. The van der Waals surface area contributed by atoms with Crippen LogP contribution in [0.25, 0.3) is 0 Å². The predicted octanol–water partition coefficient (Wildman–Crippen LogP) is 3.17. The first kappa shape index (κ1) is 18.3. The predicted molar refractivity (Wildman–Crippen MR) is 98.5 cm³/mol. The summed E-state index contributed by atoms with van der Waals surface area (Å²) in [5.41, 5.74) is 8.57. The van der Waals surface area contributed by atoms with Gasteiger partial charge in [-0.1, -0.05) is 24.6 Å². The summed E-state index contributed by atoms with van der Waals surface area (Å²) in [6.45, 7) is 5.89. The van der Waals surface area contributed by atoms with E-state index in [1.165, 1.54) is 0 Å². The molecule has 1 unspecified atom stereocenters. The molecular weight excluding hydrogens is 318 g/mol. The second-order valence-electron chi connectivity index (χ2n) is 5.74. The molecular formula is C19H23N3O3. The van der Waals surface area contributed by atoms with Crippen molar-refractivity contribution in [1.82, 2.24) is 5.43 Å². The first-order valence-corrected chi connectivity index (χ1v) is 8.13. The summed E-state index contributed by atoms with van der Waals surface area (Å²) in [4.78, 5) is 22.7. The van der Waals surface area contributed by atoms with Crippen LogP contribution in [0.3, 0.4) is 0 Å². The zero-order valence-corrected chi connectivity index (χ0v) is 14.6. The van der Waals surface area contributed by atoms with Crippen LogP contribution in [0.5, 0.6) is 5.75 Å². The van der Waals surface area contributed by atoms with Gasteiger partial charge in [0, 0.05) is 5.69 Å². The first-order valence-electron chi connectivity index (χ1n) is 8.13. The van der Waals surface area contributed by atoms with E-state index < -0.39 is 6.10 Å². The second-order valence-corrected chi connectivity index (χ2v) is 5.74. The number of anilines is 2. The number of amides is 2. The van der Waals surface area contributed by atoms with Gasteiger partial charge in [-0.2, -0.15) is 0 Å². The van der Waals surface area contributed by atoms with Gasteiger partial charge in [0.15, 0.2) is 6.10 Å². The molecule has 2 amide bonds. The number of hydrogen-bond donors (Lipinski definition) is 3. The minimum atomic E-state index is -0.573. The molecule has 0 saturated carbocycles. The Morgan fingerprint density at radius 3 is 2.40 bits per heavy atom. The monoisotopic (exact) mass is 341 g/mol. The molecule has 0 aliphatic heterocycles. The maximum Gasteiger partial charge on any atom is 0.265 e. The van der Waals surface area contributed by atoms with E-state index in [4.69, 9.17) is 4.74 Å². The molecule has 1 atom stereocenters. The number of carbonyl (C=O) groups is 2. The van der Waals surface area contributed by atoms with Gasteiger partial charge in [0.25, 0.3) is 5.91 Å². The van der Waals surface area contributed by atoms with Crippen LogP contribution in [0.2, 0.25) is 0 Å². The van der Waals surface area contributed by atoms with E-state index in [0.29, 0.717) is 30.0 Å². The van der Waals surface area contributed by atoms with Crippen molar-refractivity contribution in [1.29, 1.82) is 0 Å². The van der Waals surface area contributed by atoms with Crippen LogP contribution in [-0.4, -0.2) is 18.4 Å². The number of aryl methyl sites for hydroxylation is 2. The van der Waals surface area contributed by atoms with Gasteiger partial charge in [-0.25, -0.2) is 0 Å². The Morgan fingerprint density at radius 1 is 1.12 bits per heavy atom. The van der Waals surface area contributed by atoms with E-state index in [9.17, 15) is 9.59 Å². The SMILES string of the molecule is CCC(Oc1ccc(C)cc1C)C(=O)Nc1ccc(NNC=O)cc1. The van der Waals surface area contributed by atoms with E-state index in [2.05, 4.69) is 16.2 Å². The molecule has 0 bridgehead atoms. The minimum Gasteiger partial charge on any atom is -0.480 e. The summed E-state index contributed by atoms with van der Waals surface area (Å²) in [7, 11) is 0. The number of hydrazine groups is 1. The molecule has 0 spiro atoms. The summed E-state index contributed by atoms with van der Waals surface area (Å²) in [5.74, 6) is 0.515. The molecule has 2 aromatic rings. The lowest BCUT2D eigenvalue weighted by molar-refractivity contribution is -0.122. The number of rotatable bonds is 8. The highest BCUT2D eigenvalue weighted by Gasteiger charge is 2.19. The second kappa shape index (κ2) is 8.73. The number of hydrogen-bond acceptors (Lipinski definition) is 4. The molecule has 0 aromatic heterocycles. The van der Waals surface area contributed by atoms with Crippen LogP contribution in [-0.2, 0) is 9.59 Å². The quantitative estimate of drug-likeness (QED) is 0.509. The molecule has 0 fully saturated rings. The fourth-order valence-corrected chi connectivity index (χ4v) is 2.38. The molecule has 132 valence electrons. The molecule has 6 heteroatoms. The third-order valence-electron chi connectivity index (χ3n) is 3.69. The Morgan fingerprint density at radius 2 is 1.80 bits per heavy atom. The van der Waals surface area contributed by atoms with E-state index in [1.807, 2.05) is 39.0 Å². The van der Waals surface area contributed by atoms with Crippen molar-refractivity contribution in [3.8, 4) is 5.75 Å². The molecule has 6 nitrogen and oxygen atoms in total. The summed E-state index contributed by atoms with van der Waals surface area (Å²) in [6.07, 6.45) is 0.532. The highest BCUT2D eigenvalue weighted by atomic mass is 16.5.